The fourth-order valence-corrected chi connectivity index (χ4v) is 2.62. The lowest BCUT2D eigenvalue weighted by Crippen LogP contribution is -2.24. The molecule has 1 atom stereocenters. The van der Waals surface area contributed by atoms with Crippen molar-refractivity contribution in [3.8, 4) is 5.69 Å². The van der Waals surface area contributed by atoms with Gasteiger partial charge in [-0.2, -0.15) is 17.7 Å². The molecule has 1 fully saturated rings. The molecule has 0 bridgehead atoms. The van der Waals surface area contributed by atoms with E-state index < -0.39 is 0 Å². The molecule has 1 aliphatic heterocycles. The van der Waals surface area contributed by atoms with Gasteiger partial charge >= 0.3 is 0 Å². The topological polar surface area (TPSA) is 38.1 Å². The van der Waals surface area contributed by atoms with Gasteiger partial charge in [-0.05, 0) is 35.9 Å². The summed E-state index contributed by atoms with van der Waals surface area (Å²) in [6.07, 6.45) is 4.22. The van der Waals surface area contributed by atoms with Gasteiger partial charge < -0.3 is 4.90 Å². The maximum Gasteiger partial charge on any atom is 0.227 e. The Morgan fingerprint density at radius 2 is 2.16 bits per heavy atom. The van der Waals surface area contributed by atoms with E-state index in [0.29, 0.717) is 12.3 Å². The molecule has 0 N–H and O–H groups in total. The Hall–Kier alpha value is -1.75. The minimum atomic E-state index is 0.177. The molecule has 2 aromatic rings. The first kappa shape index (κ1) is 12.3. The van der Waals surface area contributed by atoms with Crippen LogP contribution in [-0.4, -0.2) is 28.0 Å². The van der Waals surface area contributed by atoms with Gasteiger partial charge in [0.05, 0.1) is 5.69 Å². The maximum absolute atomic E-state index is 12.0. The zero-order chi connectivity index (χ0) is 13.2. The van der Waals surface area contributed by atoms with Crippen LogP contribution in [0.25, 0.3) is 5.69 Å². The fourth-order valence-electron chi connectivity index (χ4n) is 2.38. The Bertz CT molecular complexity index is 582. The highest BCUT2D eigenvalue weighted by atomic mass is 32.1. The smallest absolute Gasteiger partial charge is 0.227 e. The molecule has 1 saturated heterocycles. The highest BCUT2D eigenvalue weighted by Gasteiger charge is 2.29. The van der Waals surface area contributed by atoms with Gasteiger partial charge in [-0.1, -0.05) is 6.07 Å². The van der Waals surface area contributed by atoms with Gasteiger partial charge in [0.2, 0.25) is 5.91 Å². The zero-order valence-electron chi connectivity index (χ0n) is 10.4. The van der Waals surface area contributed by atoms with E-state index >= 15 is 0 Å². The summed E-state index contributed by atoms with van der Waals surface area (Å²) in [5.74, 6) is 1.28. The average molecular weight is 273 g/mol. The number of benzene rings is 1. The number of anilines is 1. The molecule has 3 rings (SSSR count). The van der Waals surface area contributed by atoms with Crippen molar-refractivity contribution >= 4 is 24.2 Å². The minimum Gasteiger partial charge on any atom is -0.312 e. The molecule has 0 aliphatic carbocycles. The van der Waals surface area contributed by atoms with Crippen molar-refractivity contribution in [1.82, 2.24) is 9.78 Å². The number of amides is 1. The quantitative estimate of drug-likeness (QED) is 0.870. The molecular formula is C14H15N3OS. The first-order chi connectivity index (χ1) is 9.28. The van der Waals surface area contributed by atoms with Crippen LogP contribution in [0.3, 0.4) is 0 Å². The number of nitrogens with zero attached hydrogens (tertiary/aromatic N) is 3. The molecule has 2 heterocycles. The lowest BCUT2D eigenvalue weighted by molar-refractivity contribution is -0.117. The van der Waals surface area contributed by atoms with Crippen molar-refractivity contribution in [2.75, 3.05) is 17.2 Å². The van der Waals surface area contributed by atoms with Crippen molar-refractivity contribution in [1.29, 1.82) is 0 Å². The van der Waals surface area contributed by atoms with Crippen molar-refractivity contribution in [3.63, 3.8) is 0 Å². The van der Waals surface area contributed by atoms with E-state index in [1.54, 1.807) is 10.9 Å². The average Bonchev–Trinajstić information content (AvgIpc) is 3.08. The monoisotopic (exact) mass is 273 g/mol. The number of rotatable bonds is 3. The molecule has 1 unspecified atom stereocenters. The van der Waals surface area contributed by atoms with Crippen LogP contribution in [0.15, 0.2) is 42.7 Å². The van der Waals surface area contributed by atoms with Gasteiger partial charge in [-0.15, -0.1) is 0 Å². The molecule has 19 heavy (non-hydrogen) atoms. The summed E-state index contributed by atoms with van der Waals surface area (Å²) in [7, 11) is 0. The standard InChI is InChI=1S/C14H15N3OS/c18-14-7-11(10-19)9-16(14)12-3-1-4-13(8-12)17-6-2-5-15-17/h1-6,8,11,19H,7,9-10H2. The van der Waals surface area contributed by atoms with Crippen LogP contribution in [0, 0.1) is 5.92 Å². The Kier molecular flexibility index (Phi) is 3.29. The van der Waals surface area contributed by atoms with Crippen LogP contribution in [0.2, 0.25) is 0 Å². The number of hydrogen-bond acceptors (Lipinski definition) is 3. The van der Waals surface area contributed by atoms with Crippen LogP contribution in [0.4, 0.5) is 5.69 Å². The Morgan fingerprint density at radius 1 is 1.32 bits per heavy atom. The summed E-state index contributed by atoms with van der Waals surface area (Å²) < 4.78 is 1.79. The summed E-state index contributed by atoms with van der Waals surface area (Å²) in [4.78, 5) is 13.9. The number of thiol groups is 1. The van der Waals surface area contributed by atoms with Crippen LogP contribution in [0.5, 0.6) is 0 Å². The Labute approximate surface area is 117 Å². The van der Waals surface area contributed by atoms with E-state index in [4.69, 9.17) is 0 Å². The minimum absolute atomic E-state index is 0.177. The summed E-state index contributed by atoms with van der Waals surface area (Å²) in [6, 6.07) is 9.77. The van der Waals surface area contributed by atoms with Gasteiger partial charge in [-0.3, -0.25) is 4.79 Å². The molecule has 1 aromatic heterocycles. The van der Waals surface area contributed by atoms with Crippen LogP contribution >= 0.6 is 12.6 Å². The second kappa shape index (κ2) is 5.09. The molecule has 5 heteroatoms. The van der Waals surface area contributed by atoms with Crippen molar-refractivity contribution < 1.29 is 4.79 Å². The van der Waals surface area contributed by atoms with Gasteiger partial charge in [0.15, 0.2) is 0 Å². The fraction of sp³-hybridized carbons (Fsp3) is 0.286. The lowest BCUT2D eigenvalue weighted by Gasteiger charge is -2.17. The second-order valence-electron chi connectivity index (χ2n) is 4.73. The van der Waals surface area contributed by atoms with E-state index in [-0.39, 0.29) is 5.91 Å². The first-order valence-corrected chi connectivity index (χ1v) is 6.92. The summed E-state index contributed by atoms with van der Waals surface area (Å²) in [6.45, 7) is 0.755. The predicted molar refractivity (Wildman–Crippen MR) is 77.9 cm³/mol. The summed E-state index contributed by atoms with van der Waals surface area (Å²) in [5, 5.41) is 4.21. The third kappa shape index (κ3) is 2.38. The van der Waals surface area contributed by atoms with Gasteiger partial charge in [0.1, 0.15) is 0 Å². The number of carbonyl (C=O) groups excluding carboxylic acids is 1. The Balaban J connectivity index is 1.90. The third-order valence-electron chi connectivity index (χ3n) is 3.37. The van der Waals surface area contributed by atoms with E-state index in [9.17, 15) is 4.79 Å². The normalized spacial score (nSPS) is 19.1. The molecule has 0 radical (unpaired) electrons. The molecular weight excluding hydrogens is 258 g/mol. The van der Waals surface area contributed by atoms with Crippen molar-refractivity contribution in [2.24, 2.45) is 5.92 Å². The zero-order valence-corrected chi connectivity index (χ0v) is 11.3. The number of hydrogen-bond donors (Lipinski definition) is 1. The number of carbonyl (C=O) groups is 1. The van der Waals surface area contributed by atoms with E-state index in [1.807, 2.05) is 41.4 Å². The molecule has 1 aliphatic rings. The lowest BCUT2D eigenvalue weighted by atomic mass is 10.1. The van der Waals surface area contributed by atoms with Gasteiger partial charge in [0.25, 0.3) is 0 Å². The maximum atomic E-state index is 12.0. The number of aromatic nitrogens is 2. The summed E-state index contributed by atoms with van der Waals surface area (Å²) in [5.41, 5.74) is 1.90. The molecule has 4 nitrogen and oxygen atoms in total. The van der Waals surface area contributed by atoms with E-state index in [2.05, 4.69) is 17.7 Å². The van der Waals surface area contributed by atoms with Crippen LogP contribution in [0.1, 0.15) is 6.42 Å². The summed E-state index contributed by atoms with van der Waals surface area (Å²) >= 11 is 4.29. The molecule has 1 aromatic carbocycles. The molecule has 98 valence electrons. The van der Waals surface area contributed by atoms with Gasteiger partial charge in [-0.25, -0.2) is 4.68 Å². The van der Waals surface area contributed by atoms with Crippen molar-refractivity contribution in [3.05, 3.63) is 42.7 Å². The van der Waals surface area contributed by atoms with E-state index in [1.165, 1.54) is 0 Å². The highest BCUT2D eigenvalue weighted by molar-refractivity contribution is 7.80. The molecule has 0 spiro atoms. The molecule has 1 amide bonds. The second-order valence-corrected chi connectivity index (χ2v) is 5.09. The van der Waals surface area contributed by atoms with Crippen LogP contribution in [-0.2, 0) is 4.79 Å². The Morgan fingerprint density at radius 3 is 2.84 bits per heavy atom. The van der Waals surface area contributed by atoms with Gasteiger partial charge in [0, 0.05) is 31.0 Å². The van der Waals surface area contributed by atoms with Crippen LogP contribution < -0.4 is 4.90 Å². The largest absolute Gasteiger partial charge is 0.312 e. The highest BCUT2D eigenvalue weighted by Crippen LogP contribution is 2.27. The first-order valence-electron chi connectivity index (χ1n) is 6.29. The van der Waals surface area contributed by atoms with E-state index in [0.717, 1.165) is 23.7 Å². The predicted octanol–water partition coefficient (Wildman–Crippen LogP) is 2.16. The van der Waals surface area contributed by atoms with Crippen molar-refractivity contribution in [2.45, 2.75) is 6.42 Å². The SMILES string of the molecule is O=C1CC(CS)CN1c1cccc(-n2cccn2)c1. The molecule has 0 saturated carbocycles. The third-order valence-corrected chi connectivity index (χ3v) is 3.89.